The first-order valence-corrected chi connectivity index (χ1v) is 5.02. The molecule has 0 unspecified atom stereocenters. The predicted octanol–water partition coefficient (Wildman–Crippen LogP) is 1.51. The highest BCUT2D eigenvalue weighted by Gasteiger charge is 2.08. The first-order valence-electron chi connectivity index (χ1n) is 5.02. The van der Waals surface area contributed by atoms with Crippen LogP contribution in [-0.2, 0) is 13.0 Å². The van der Waals surface area contributed by atoms with Crippen molar-refractivity contribution in [3.05, 3.63) is 35.8 Å². The molecule has 84 valence electrons. The van der Waals surface area contributed by atoms with Crippen molar-refractivity contribution in [1.82, 2.24) is 20.2 Å². The number of hydrogen-bond donors (Lipinski definition) is 2. The Morgan fingerprint density at radius 1 is 1.44 bits per heavy atom. The quantitative estimate of drug-likeness (QED) is 0.821. The van der Waals surface area contributed by atoms with E-state index in [-0.39, 0.29) is 11.6 Å². The molecule has 0 amide bonds. The number of nitrogens with zero attached hydrogens (tertiary/aromatic N) is 3. The number of H-pyrrole nitrogens is 1. The van der Waals surface area contributed by atoms with Crippen LogP contribution in [0, 0.1) is 5.82 Å². The van der Waals surface area contributed by atoms with Crippen LogP contribution < -0.4 is 5.32 Å². The molecule has 0 aliphatic rings. The van der Waals surface area contributed by atoms with E-state index in [0.29, 0.717) is 18.7 Å². The van der Waals surface area contributed by atoms with Crippen LogP contribution in [0.25, 0.3) is 0 Å². The molecule has 0 aliphatic heterocycles. The van der Waals surface area contributed by atoms with Crippen LogP contribution in [0.4, 0.5) is 10.2 Å². The maximum Gasteiger partial charge on any atom is 0.186 e. The van der Waals surface area contributed by atoms with Crippen molar-refractivity contribution in [1.29, 1.82) is 0 Å². The number of aromatic nitrogens is 4. The van der Waals surface area contributed by atoms with Gasteiger partial charge in [-0.25, -0.2) is 14.4 Å². The average molecular weight is 221 g/mol. The summed E-state index contributed by atoms with van der Waals surface area (Å²) in [6.45, 7) is 2.31. The van der Waals surface area contributed by atoms with Crippen LogP contribution in [-0.4, -0.2) is 20.2 Å². The molecule has 2 aromatic rings. The van der Waals surface area contributed by atoms with Gasteiger partial charge in [0.15, 0.2) is 11.6 Å². The van der Waals surface area contributed by atoms with Gasteiger partial charge in [0.2, 0.25) is 0 Å². The number of aryl methyl sites for hydroxylation is 1. The smallest absolute Gasteiger partial charge is 0.186 e. The first kappa shape index (κ1) is 10.5. The largest absolute Gasteiger partial charge is 0.362 e. The van der Waals surface area contributed by atoms with E-state index in [2.05, 4.69) is 25.5 Å². The lowest BCUT2D eigenvalue weighted by Gasteiger charge is -2.06. The van der Waals surface area contributed by atoms with Gasteiger partial charge in [-0.1, -0.05) is 6.92 Å². The zero-order valence-corrected chi connectivity index (χ0v) is 8.87. The molecule has 2 N–H and O–H groups in total. The van der Waals surface area contributed by atoms with E-state index in [9.17, 15) is 4.39 Å². The maximum atomic E-state index is 13.7. The van der Waals surface area contributed by atoms with Gasteiger partial charge in [0.25, 0.3) is 0 Å². The Hall–Kier alpha value is -1.98. The van der Waals surface area contributed by atoms with Crippen molar-refractivity contribution < 1.29 is 4.39 Å². The molecule has 5 nitrogen and oxygen atoms in total. The molecule has 16 heavy (non-hydrogen) atoms. The molecule has 0 spiro atoms. The summed E-state index contributed by atoms with van der Waals surface area (Å²) in [5, 5.41) is 9.47. The molecule has 0 fully saturated rings. The summed E-state index contributed by atoms with van der Waals surface area (Å²) in [4.78, 5) is 7.71. The van der Waals surface area contributed by atoms with Crippen LogP contribution in [0.2, 0.25) is 0 Å². The van der Waals surface area contributed by atoms with E-state index in [1.165, 1.54) is 6.33 Å². The fourth-order valence-corrected chi connectivity index (χ4v) is 1.34. The van der Waals surface area contributed by atoms with E-state index >= 15 is 0 Å². The third-order valence-electron chi connectivity index (χ3n) is 2.20. The number of anilines is 1. The van der Waals surface area contributed by atoms with Crippen LogP contribution in [0.1, 0.15) is 18.3 Å². The van der Waals surface area contributed by atoms with Crippen LogP contribution in [0.15, 0.2) is 18.6 Å². The zero-order valence-electron chi connectivity index (χ0n) is 8.87. The summed E-state index contributed by atoms with van der Waals surface area (Å²) in [6.07, 6.45) is 3.55. The van der Waals surface area contributed by atoms with E-state index in [4.69, 9.17) is 0 Å². The Balaban J connectivity index is 2.09. The second kappa shape index (κ2) is 4.69. The summed E-state index contributed by atoms with van der Waals surface area (Å²) in [6, 6.07) is 1.81. The van der Waals surface area contributed by atoms with Crippen LogP contribution in [0.3, 0.4) is 0 Å². The summed E-state index contributed by atoms with van der Waals surface area (Å²) in [7, 11) is 0. The Labute approximate surface area is 92.1 Å². The molecule has 0 aromatic carbocycles. The molecule has 0 aliphatic carbocycles. The van der Waals surface area contributed by atoms with Gasteiger partial charge in [-0.05, 0) is 12.5 Å². The van der Waals surface area contributed by atoms with Gasteiger partial charge < -0.3 is 5.32 Å². The van der Waals surface area contributed by atoms with Crippen molar-refractivity contribution in [3.8, 4) is 0 Å². The average Bonchev–Trinajstić information content (AvgIpc) is 2.81. The highest BCUT2D eigenvalue weighted by atomic mass is 19.1. The Morgan fingerprint density at radius 3 is 3.00 bits per heavy atom. The first-order chi connectivity index (χ1) is 7.81. The third-order valence-corrected chi connectivity index (χ3v) is 2.20. The maximum absolute atomic E-state index is 13.7. The summed E-state index contributed by atoms with van der Waals surface area (Å²) in [5.41, 5.74) is 1.29. The number of aromatic amines is 1. The molecular weight excluding hydrogens is 209 g/mol. The number of rotatable bonds is 4. The Bertz CT molecular complexity index is 454. The molecular formula is C10H12FN5. The molecule has 0 radical (unpaired) electrons. The zero-order chi connectivity index (χ0) is 11.4. The minimum atomic E-state index is -0.385. The molecule has 2 rings (SSSR count). The molecule has 2 aromatic heterocycles. The normalized spacial score (nSPS) is 10.4. The van der Waals surface area contributed by atoms with Crippen LogP contribution in [0.5, 0.6) is 0 Å². The Kier molecular flexibility index (Phi) is 3.09. The number of hydrogen-bond acceptors (Lipinski definition) is 4. The lowest BCUT2D eigenvalue weighted by Crippen LogP contribution is -2.07. The second-order valence-corrected chi connectivity index (χ2v) is 3.27. The standard InChI is InChI=1S/C10H12FN5/c1-2-8-9(11)10(14-6-13-8)12-5-7-3-4-15-16-7/h3-4,6H,2,5H2,1H3,(H,15,16)(H,12,13,14). The minimum Gasteiger partial charge on any atom is -0.362 e. The van der Waals surface area contributed by atoms with Crippen molar-refractivity contribution >= 4 is 5.82 Å². The SMILES string of the molecule is CCc1ncnc(NCc2ccn[nH]2)c1F. The summed E-state index contributed by atoms with van der Waals surface area (Å²) < 4.78 is 13.7. The topological polar surface area (TPSA) is 66.5 Å². The molecule has 6 heteroatoms. The van der Waals surface area contributed by atoms with Gasteiger partial charge in [-0.2, -0.15) is 5.10 Å². The molecule has 0 atom stereocenters. The number of halogens is 1. The lowest BCUT2D eigenvalue weighted by atomic mass is 10.3. The van der Waals surface area contributed by atoms with E-state index in [1.54, 1.807) is 6.20 Å². The molecule has 0 bridgehead atoms. The second-order valence-electron chi connectivity index (χ2n) is 3.27. The van der Waals surface area contributed by atoms with Gasteiger partial charge in [0, 0.05) is 6.20 Å². The molecule has 0 saturated carbocycles. The number of nitrogens with one attached hydrogen (secondary N) is 2. The highest BCUT2D eigenvalue weighted by molar-refractivity contribution is 5.37. The summed E-state index contributed by atoms with van der Waals surface area (Å²) >= 11 is 0. The van der Waals surface area contributed by atoms with Gasteiger partial charge in [-0.3, -0.25) is 5.10 Å². The Morgan fingerprint density at radius 2 is 2.31 bits per heavy atom. The van der Waals surface area contributed by atoms with Gasteiger partial charge in [0.05, 0.1) is 17.9 Å². The summed E-state index contributed by atoms with van der Waals surface area (Å²) in [5.74, 6) is -0.161. The third kappa shape index (κ3) is 2.16. The van der Waals surface area contributed by atoms with Crippen molar-refractivity contribution in [2.45, 2.75) is 19.9 Å². The van der Waals surface area contributed by atoms with Crippen molar-refractivity contribution in [3.63, 3.8) is 0 Å². The van der Waals surface area contributed by atoms with Crippen LogP contribution >= 0.6 is 0 Å². The van der Waals surface area contributed by atoms with E-state index in [0.717, 1.165) is 5.69 Å². The van der Waals surface area contributed by atoms with Crippen molar-refractivity contribution in [2.24, 2.45) is 0 Å². The molecule has 0 saturated heterocycles. The van der Waals surface area contributed by atoms with Crippen molar-refractivity contribution in [2.75, 3.05) is 5.32 Å². The fourth-order valence-electron chi connectivity index (χ4n) is 1.34. The minimum absolute atomic E-state index is 0.224. The molecule has 2 heterocycles. The monoisotopic (exact) mass is 221 g/mol. The van der Waals surface area contributed by atoms with E-state index in [1.807, 2.05) is 13.0 Å². The van der Waals surface area contributed by atoms with E-state index < -0.39 is 0 Å². The van der Waals surface area contributed by atoms with Gasteiger partial charge in [-0.15, -0.1) is 0 Å². The van der Waals surface area contributed by atoms with Gasteiger partial charge >= 0.3 is 0 Å². The van der Waals surface area contributed by atoms with Gasteiger partial charge in [0.1, 0.15) is 6.33 Å². The predicted molar refractivity (Wildman–Crippen MR) is 57.3 cm³/mol. The lowest BCUT2D eigenvalue weighted by molar-refractivity contribution is 0.596. The highest BCUT2D eigenvalue weighted by Crippen LogP contribution is 2.13. The fraction of sp³-hybridized carbons (Fsp3) is 0.300.